The molecular formula is C13H21N5O2. The van der Waals surface area contributed by atoms with Crippen molar-refractivity contribution >= 4 is 17.5 Å². The first-order valence-electron chi connectivity index (χ1n) is 6.85. The van der Waals surface area contributed by atoms with Crippen molar-refractivity contribution in [1.29, 1.82) is 0 Å². The first-order chi connectivity index (χ1) is 9.71. The highest BCUT2D eigenvalue weighted by Gasteiger charge is 2.18. The zero-order chi connectivity index (χ0) is 14.4. The minimum atomic E-state index is 0.110. The molecule has 1 fully saturated rings. The molecule has 1 aliphatic rings. The number of piperidine rings is 1. The topological polar surface area (TPSA) is 88.2 Å². The number of carbonyl (C=O) groups excluding carboxylic acids is 1. The fourth-order valence-corrected chi connectivity index (χ4v) is 2.10. The SMILES string of the molecule is CCNc1cc(NC2CCC(=O)NC2)nc(COC)n1. The molecule has 1 aromatic heterocycles. The molecule has 0 radical (unpaired) electrons. The highest BCUT2D eigenvalue weighted by molar-refractivity contribution is 5.77. The van der Waals surface area contributed by atoms with Crippen molar-refractivity contribution in [3.63, 3.8) is 0 Å². The zero-order valence-corrected chi connectivity index (χ0v) is 11.9. The van der Waals surface area contributed by atoms with Gasteiger partial charge in [0.15, 0.2) is 5.82 Å². The fraction of sp³-hybridized carbons (Fsp3) is 0.615. The van der Waals surface area contributed by atoms with E-state index in [0.29, 0.717) is 25.4 Å². The standard InChI is InChI=1S/C13H21N5O2/c1-3-14-10-6-11(18-12(17-10)8-20-2)16-9-4-5-13(19)15-7-9/h6,9H,3-5,7-8H2,1-2H3,(H,15,19)(H2,14,16,17,18). The molecule has 0 bridgehead atoms. The number of hydrogen-bond donors (Lipinski definition) is 3. The van der Waals surface area contributed by atoms with Crippen molar-refractivity contribution in [2.45, 2.75) is 32.4 Å². The van der Waals surface area contributed by atoms with Crippen molar-refractivity contribution in [2.24, 2.45) is 0 Å². The van der Waals surface area contributed by atoms with Gasteiger partial charge in [-0.3, -0.25) is 4.79 Å². The van der Waals surface area contributed by atoms with E-state index in [1.54, 1.807) is 7.11 Å². The number of hydrogen-bond acceptors (Lipinski definition) is 6. The first-order valence-corrected chi connectivity index (χ1v) is 6.85. The van der Waals surface area contributed by atoms with Crippen LogP contribution in [0, 0.1) is 0 Å². The minimum absolute atomic E-state index is 0.110. The van der Waals surface area contributed by atoms with Gasteiger partial charge in [-0.25, -0.2) is 9.97 Å². The van der Waals surface area contributed by atoms with Crippen molar-refractivity contribution < 1.29 is 9.53 Å². The van der Waals surface area contributed by atoms with Crippen LogP contribution < -0.4 is 16.0 Å². The van der Waals surface area contributed by atoms with E-state index >= 15 is 0 Å². The normalized spacial score (nSPS) is 18.5. The summed E-state index contributed by atoms with van der Waals surface area (Å²) >= 11 is 0. The monoisotopic (exact) mass is 279 g/mol. The first kappa shape index (κ1) is 14.5. The van der Waals surface area contributed by atoms with Crippen LogP contribution in [0.4, 0.5) is 11.6 Å². The minimum Gasteiger partial charge on any atom is -0.377 e. The summed E-state index contributed by atoms with van der Waals surface area (Å²) in [5.41, 5.74) is 0. The molecule has 2 heterocycles. The van der Waals surface area contributed by atoms with E-state index in [2.05, 4.69) is 25.9 Å². The van der Waals surface area contributed by atoms with Gasteiger partial charge in [-0.05, 0) is 13.3 Å². The number of ether oxygens (including phenoxy) is 1. The lowest BCUT2D eigenvalue weighted by Crippen LogP contribution is -2.42. The molecule has 0 aliphatic carbocycles. The summed E-state index contributed by atoms with van der Waals surface area (Å²) in [5.74, 6) is 2.27. The molecular weight excluding hydrogens is 258 g/mol. The van der Waals surface area contributed by atoms with Gasteiger partial charge in [-0.15, -0.1) is 0 Å². The lowest BCUT2D eigenvalue weighted by Gasteiger charge is -2.24. The van der Waals surface area contributed by atoms with Gasteiger partial charge in [-0.1, -0.05) is 0 Å². The molecule has 7 heteroatoms. The van der Waals surface area contributed by atoms with Gasteiger partial charge >= 0.3 is 0 Å². The molecule has 1 amide bonds. The smallest absolute Gasteiger partial charge is 0.220 e. The van der Waals surface area contributed by atoms with Crippen LogP contribution in [0.25, 0.3) is 0 Å². The number of amides is 1. The third kappa shape index (κ3) is 4.06. The zero-order valence-electron chi connectivity index (χ0n) is 11.9. The largest absolute Gasteiger partial charge is 0.377 e. The van der Waals surface area contributed by atoms with Crippen LogP contribution in [0.5, 0.6) is 0 Å². The Morgan fingerprint density at radius 1 is 1.45 bits per heavy atom. The second-order valence-electron chi connectivity index (χ2n) is 4.70. The van der Waals surface area contributed by atoms with E-state index in [1.807, 2.05) is 13.0 Å². The summed E-state index contributed by atoms with van der Waals surface area (Å²) in [5, 5.41) is 9.36. The Morgan fingerprint density at radius 3 is 2.90 bits per heavy atom. The van der Waals surface area contributed by atoms with Gasteiger partial charge in [0.25, 0.3) is 0 Å². The third-order valence-corrected chi connectivity index (χ3v) is 3.02. The van der Waals surface area contributed by atoms with Crippen molar-refractivity contribution in [2.75, 3.05) is 30.8 Å². The lowest BCUT2D eigenvalue weighted by molar-refractivity contribution is -0.122. The van der Waals surface area contributed by atoms with Crippen molar-refractivity contribution in [3.8, 4) is 0 Å². The van der Waals surface area contributed by atoms with Crippen LogP contribution in [0.2, 0.25) is 0 Å². The van der Waals surface area contributed by atoms with Gasteiger partial charge < -0.3 is 20.7 Å². The van der Waals surface area contributed by atoms with E-state index in [4.69, 9.17) is 4.74 Å². The number of nitrogens with one attached hydrogen (secondary N) is 3. The van der Waals surface area contributed by atoms with Crippen LogP contribution >= 0.6 is 0 Å². The number of anilines is 2. The molecule has 7 nitrogen and oxygen atoms in total. The lowest BCUT2D eigenvalue weighted by atomic mass is 10.1. The predicted octanol–water partition coefficient (Wildman–Crippen LogP) is 0.745. The maximum atomic E-state index is 11.1. The summed E-state index contributed by atoms with van der Waals surface area (Å²) in [7, 11) is 1.62. The molecule has 2 rings (SSSR count). The van der Waals surface area contributed by atoms with Crippen LogP contribution in [0.1, 0.15) is 25.6 Å². The quantitative estimate of drug-likeness (QED) is 0.712. The molecule has 0 saturated carbocycles. The number of carbonyl (C=O) groups is 1. The van der Waals surface area contributed by atoms with Gasteiger partial charge in [0, 0.05) is 38.7 Å². The summed E-state index contributed by atoms with van der Waals surface area (Å²) in [6, 6.07) is 2.08. The number of aromatic nitrogens is 2. The number of rotatable bonds is 6. The van der Waals surface area contributed by atoms with Crippen LogP contribution in [-0.2, 0) is 16.1 Å². The number of methoxy groups -OCH3 is 1. The Labute approximate surface area is 118 Å². The summed E-state index contributed by atoms with van der Waals surface area (Å²) in [6.07, 6.45) is 1.36. The van der Waals surface area contributed by atoms with Crippen molar-refractivity contribution in [1.82, 2.24) is 15.3 Å². The molecule has 1 aromatic rings. The average Bonchev–Trinajstić information content (AvgIpc) is 2.42. The maximum absolute atomic E-state index is 11.1. The molecule has 1 saturated heterocycles. The van der Waals surface area contributed by atoms with Crippen LogP contribution in [0.15, 0.2) is 6.07 Å². The number of nitrogens with zero attached hydrogens (tertiary/aromatic N) is 2. The van der Waals surface area contributed by atoms with Crippen LogP contribution in [-0.4, -0.2) is 42.1 Å². The second kappa shape index (κ2) is 7.04. The Bertz CT molecular complexity index is 432. The highest BCUT2D eigenvalue weighted by Crippen LogP contribution is 2.15. The molecule has 3 N–H and O–H groups in total. The molecule has 1 atom stereocenters. The van der Waals surface area contributed by atoms with Gasteiger partial charge in [-0.2, -0.15) is 0 Å². The second-order valence-corrected chi connectivity index (χ2v) is 4.70. The third-order valence-electron chi connectivity index (χ3n) is 3.02. The fourth-order valence-electron chi connectivity index (χ4n) is 2.10. The average molecular weight is 279 g/mol. The van der Waals surface area contributed by atoms with E-state index in [1.165, 1.54) is 0 Å². The van der Waals surface area contributed by atoms with Gasteiger partial charge in [0.2, 0.25) is 5.91 Å². The summed E-state index contributed by atoms with van der Waals surface area (Å²) < 4.78 is 5.08. The Kier molecular flexibility index (Phi) is 5.11. The van der Waals surface area contributed by atoms with E-state index in [0.717, 1.165) is 24.6 Å². The maximum Gasteiger partial charge on any atom is 0.220 e. The molecule has 110 valence electrons. The summed E-state index contributed by atoms with van der Waals surface area (Å²) in [4.78, 5) is 19.9. The van der Waals surface area contributed by atoms with E-state index in [9.17, 15) is 4.79 Å². The molecule has 0 aromatic carbocycles. The van der Waals surface area contributed by atoms with Gasteiger partial charge in [0.1, 0.15) is 18.2 Å². The predicted molar refractivity (Wildman–Crippen MR) is 76.6 cm³/mol. The van der Waals surface area contributed by atoms with Crippen molar-refractivity contribution in [3.05, 3.63) is 11.9 Å². The summed E-state index contributed by atoms with van der Waals surface area (Å²) in [6.45, 7) is 3.80. The highest BCUT2D eigenvalue weighted by atomic mass is 16.5. The van der Waals surface area contributed by atoms with Crippen LogP contribution in [0.3, 0.4) is 0 Å². The van der Waals surface area contributed by atoms with E-state index in [-0.39, 0.29) is 11.9 Å². The molecule has 1 aliphatic heterocycles. The molecule has 0 spiro atoms. The Balaban J connectivity index is 2.06. The Hall–Kier alpha value is -1.89. The molecule has 1 unspecified atom stereocenters. The molecule has 20 heavy (non-hydrogen) atoms. The Morgan fingerprint density at radius 2 is 2.25 bits per heavy atom. The van der Waals surface area contributed by atoms with E-state index < -0.39 is 0 Å². The van der Waals surface area contributed by atoms with Gasteiger partial charge in [0.05, 0.1) is 0 Å².